The summed E-state index contributed by atoms with van der Waals surface area (Å²) in [4.78, 5) is 0. The van der Waals surface area contributed by atoms with Gasteiger partial charge in [0.1, 0.15) is 0 Å². The van der Waals surface area contributed by atoms with E-state index in [0.717, 1.165) is 0 Å². The van der Waals surface area contributed by atoms with Crippen LogP contribution >= 0.6 is 24.8 Å². The van der Waals surface area contributed by atoms with Crippen molar-refractivity contribution in [2.45, 2.75) is 52.9 Å². The number of benzene rings is 4. The van der Waals surface area contributed by atoms with Crippen LogP contribution in [0.5, 0.6) is 0 Å². The van der Waals surface area contributed by atoms with Crippen molar-refractivity contribution >= 4 is 53.2 Å². The summed E-state index contributed by atoms with van der Waals surface area (Å²) >= 11 is 1.36. The standard InChI is InChI=1S/C20H21.C18H17.2CH3.2ClH.Si.Zr/c1-14-12-16-6-5-7-18(19(16)13-14)15-8-10-17(11-9-15)20(2,3)4;1-13(2)16-11-15-9-6-10-17(18(15)12-16)14-7-4-3-5-8-14;;;;;;/h5-13H,1-4H3;3-13H,1-2H3;2*1H3;2*1H;;/q4*-1;;;;. The minimum atomic E-state index is 0. The molecule has 0 amide bonds. The predicted octanol–water partition coefficient (Wildman–Crippen LogP) is 12.5. The first-order valence-corrected chi connectivity index (χ1v) is 18.2. The van der Waals surface area contributed by atoms with Crippen LogP contribution in [0.4, 0.5) is 0 Å². The topological polar surface area (TPSA) is 0 Å². The van der Waals surface area contributed by atoms with E-state index in [-0.39, 0.29) is 45.1 Å². The Morgan fingerprint density at radius 3 is 1.59 bits per heavy atom. The van der Waals surface area contributed by atoms with E-state index < -0.39 is 0 Å². The molecule has 232 valence electrons. The summed E-state index contributed by atoms with van der Waals surface area (Å²) in [6.45, 7) is 16.5. The van der Waals surface area contributed by atoms with Crippen molar-refractivity contribution in [3.63, 3.8) is 0 Å². The fraction of sp³-hybridized carbons (Fsp3) is 0.200. The molecule has 6 aromatic rings. The van der Waals surface area contributed by atoms with E-state index in [4.69, 9.17) is 0 Å². The first-order chi connectivity index (χ1) is 19.2. The van der Waals surface area contributed by atoms with Crippen molar-refractivity contribution < 1.29 is 23.3 Å². The molecule has 0 aliphatic rings. The van der Waals surface area contributed by atoms with Crippen LogP contribution in [0.2, 0.25) is 0 Å². The van der Waals surface area contributed by atoms with Gasteiger partial charge in [0.25, 0.3) is 0 Å². The summed E-state index contributed by atoms with van der Waals surface area (Å²) in [7, 11) is 0. The van der Waals surface area contributed by atoms with Gasteiger partial charge in [0.05, 0.1) is 0 Å². The third-order valence-electron chi connectivity index (χ3n) is 7.48. The van der Waals surface area contributed by atoms with Crippen LogP contribution in [0.1, 0.15) is 57.2 Å². The van der Waals surface area contributed by atoms with Gasteiger partial charge in [-0.1, -0.05) is 119 Å². The molecular formula is C40H46Cl2SiZr-4. The van der Waals surface area contributed by atoms with Gasteiger partial charge in [0.15, 0.2) is 0 Å². The molecule has 0 bridgehead atoms. The van der Waals surface area contributed by atoms with Crippen LogP contribution in [0.25, 0.3) is 43.8 Å². The van der Waals surface area contributed by atoms with E-state index in [1.807, 2.05) is 0 Å². The number of hydrogen-bond acceptors (Lipinski definition) is 0. The molecule has 44 heavy (non-hydrogen) atoms. The molecule has 6 aromatic carbocycles. The van der Waals surface area contributed by atoms with Gasteiger partial charge < -0.3 is 14.9 Å². The molecule has 0 N–H and O–H groups in total. The molecule has 0 atom stereocenters. The Bertz CT molecular complexity index is 1690. The Balaban J connectivity index is 0.000000735. The fourth-order valence-electron chi connectivity index (χ4n) is 5.25. The number of hydrogen-bond donors (Lipinski definition) is 0. The van der Waals surface area contributed by atoms with Crippen LogP contribution in [-0.4, -0.2) is 6.88 Å². The maximum absolute atomic E-state index is 3.06. The summed E-state index contributed by atoms with van der Waals surface area (Å²) in [5.74, 6) is 0.584. The monoisotopic (exact) mass is 714 g/mol. The van der Waals surface area contributed by atoms with Gasteiger partial charge in [-0.15, -0.1) is 93.9 Å². The molecule has 0 unspecified atom stereocenters. The molecule has 0 saturated heterocycles. The van der Waals surface area contributed by atoms with Crippen molar-refractivity contribution in [2.75, 3.05) is 0 Å². The van der Waals surface area contributed by atoms with Gasteiger partial charge in [-0.3, -0.25) is 0 Å². The zero-order valence-corrected chi connectivity index (χ0v) is 32.5. The molecule has 4 heteroatoms. The van der Waals surface area contributed by atoms with E-state index in [9.17, 15) is 0 Å². The number of halogens is 2. The van der Waals surface area contributed by atoms with Crippen LogP contribution in [0.15, 0.2) is 115 Å². The second-order valence-corrected chi connectivity index (χ2v) is 11.8. The summed E-state index contributed by atoms with van der Waals surface area (Å²) in [5.41, 5.74) is 9.61. The van der Waals surface area contributed by atoms with Crippen LogP contribution in [0, 0.1) is 21.8 Å². The van der Waals surface area contributed by atoms with Gasteiger partial charge >= 0.3 is 30.2 Å². The van der Waals surface area contributed by atoms with Crippen LogP contribution < -0.4 is 0 Å². The average molecular weight is 717 g/mol. The summed E-state index contributed by atoms with van der Waals surface area (Å²) in [6.07, 6.45) is 0. The molecule has 0 aliphatic heterocycles. The minimum absolute atomic E-state index is 0. The first kappa shape index (κ1) is 41.8. The van der Waals surface area contributed by atoms with Crippen molar-refractivity contribution in [3.05, 3.63) is 147 Å². The normalized spacial score (nSPS) is 10.1. The third-order valence-corrected chi connectivity index (χ3v) is 7.48. The predicted molar refractivity (Wildman–Crippen MR) is 201 cm³/mol. The number of aryl methyl sites for hydroxylation is 1. The Morgan fingerprint density at radius 1 is 0.614 bits per heavy atom. The number of fused-ring (bicyclic) bond motifs is 2. The summed E-state index contributed by atoms with van der Waals surface area (Å²) < 4.78 is 0. The van der Waals surface area contributed by atoms with Crippen molar-refractivity contribution in [2.24, 2.45) is 0 Å². The molecular weight excluding hydrogens is 671 g/mol. The second-order valence-electron chi connectivity index (χ2n) is 11.8. The first-order valence-electron chi connectivity index (χ1n) is 14.0. The van der Waals surface area contributed by atoms with E-state index >= 15 is 0 Å². The zero-order valence-electron chi connectivity index (χ0n) is 27.4. The van der Waals surface area contributed by atoms with E-state index in [1.165, 1.54) is 83.8 Å². The molecule has 0 heterocycles. The van der Waals surface area contributed by atoms with E-state index in [1.54, 1.807) is 0 Å². The molecule has 0 nitrogen and oxygen atoms in total. The third kappa shape index (κ3) is 9.89. The van der Waals surface area contributed by atoms with Crippen LogP contribution in [0.3, 0.4) is 0 Å². The molecule has 0 aliphatic carbocycles. The molecule has 0 spiro atoms. The average Bonchev–Trinajstić information content (AvgIpc) is 3.57. The molecule has 0 fully saturated rings. The molecule has 0 saturated carbocycles. The van der Waals surface area contributed by atoms with Gasteiger partial charge in [-0.2, -0.15) is 12.1 Å². The maximum atomic E-state index is 3.06. The SMILES string of the molecule is CC(C)c1cc2c(-c3ccccc3)cccc2[cH-]1.Cc1cc2c(-c3ccc(C(C)(C)C)cc3)cccc2[cH-]1.Cl.Cl.[CH3-].[CH3-].[Si]=[Zr]. The summed E-state index contributed by atoms with van der Waals surface area (Å²) in [5, 5.41) is 5.40. The Hall–Kier alpha value is -2.22. The van der Waals surface area contributed by atoms with Gasteiger partial charge in [-0.05, 0) is 28.0 Å². The van der Waals surface area contributed by atoms with Crippen molar-refractivity contribution in [1.82, 2.24) is 0 Å². The molecule has 0 aromatic heterocycles. The van der Waals surface area contributed by atoms with Gasteiger partial charge in [0, 0.05) is 0 Å². The molecule has 2 radical (unpaired) electrons. The fourth-order valence-corrected chi connectivity index (χ4v) is 5.25. The Morgan fingerprint density at radius 2 is 1.09 bits per heavy atom. The van der Waals surface area contributed by atoms with Crippen molar-refractivity contribution in [3.8, 4) is 22.3 Å². The van der Waals surface area contributed by atoms with Gasteiger partial charge in [-0.25, -0.2) is 0 Å². The number of rotatable bonds is 3. The Labute approximate surface area is 296 Å². The molecule has 6 rings (SSSR count). The van der Waals surface area contributed by atoms with Crippen LogP contribution in [-0.2, 0) is 28.8 Å². The zero-order chi connectivity index (χ0) is 28.9. The van der Waals surface area contributed by atoms with Crippen molar-refractivity contribution in [1.29, 1.82) is 0 Å². The quantitative estimate of drug-likeness (QED) is 0.126. The van der Waals surface area contributed by atoms with E-state index in [2.05, 4.69) is 164 Å². The second kappa shape index (κ2) is 18.7. The van der Waals surface area contributed by atoms with Gasteiger partial charge in [0.2, 0.25) is 0 Å². The van der Waals surface area contributed by atoms with E-state index in [0.29, 0.717) is 5.92 Å². The Kier molecular flexibility index (Phi) is 17.7. The summed E-state index contributed by atoms with van der Waals surface area (Å²) in [6, 6.07) is 41.9.